The molecular weight excluding hydrogens is 520 g/mol. The second-order valence-electron chi connectivity index (χ2n) is 10.2. The fourth-order valence-electron chi connectivity index (χ4n) is 5.98. The van der Waals surface area contributed by atoms with Crippen LogP contribution in [0.1, 0.15) is 48.0 Å². The van der Waals surface area contributed by atoms with Crippen molar-refractivity contribution in [3.63, 3.8) is 0 Å². The maximum Gasteiger partial charge on any atom is 0.338 e. The Hall–Kier alpha value is -2.87. The molecular formula is C30H33ClN2O4S. The molecule has 38 heavy (non-hydrogen) atoms. The van der Waals surface area contributed by atoms with E-state index in [2.05, 4.69) is 4.90 Å². The Balaban J connectivity index is 1.72. The summed E-state index contributed by atoms with van der Waals surface area (Å²) in [6.45, 7) is 2.36. The number of halogens is 1. The zero-order chi connectivity index (χ0) is 27.0. The number of hydrogen-bond donors (Lipinski definition) is 0. The van der Waals surface area contributed by atoms with Crippen molar-refractivity contribution in [3.8, 4) is 11.1 Å². The summed E-state index contributed by atoms with van der Waals surface area (Å²) < 4.78 is 35.0. The van der Waals surface area contributed by atoms with Crippen LogP contribution in [0.2, 0.25) is 5.02 Å². The summed E-state index contributed by atoms with van der Waals surface area (Å²) in [6, 6.07) is 18.5. The van der Waals surface area contributed by atoms with Crippen molar-refractivity contribution in [1.29, 1.82) is 0 Å². The zero-order valence-electron chi connectivity index (χ0n) is 22.0. The van der Waals surface area contributed by atoms with Crippen LogP contribution in [-0.4, -0.2) is 45.4 Å². The minimum absolute atomic E-state index is 0.167. The lowest BCUT2D eigenvalue weighted by Gasteiger charge is -2.36. The number of nitrogens with zero attached hydrogens (tertiary/aromatic N) is 2. The third kappa shape index (κ3) is 4.72. The average molecular weight is 553 g/mol. The van der Waals surface area contributed by atoms with Crippen LogP contribution in [0.25, 0.3) is 11.1 Å². The van der Waals surface area contributed by atoms with Gasteiger partial charge in [-0.05, 0) is 67.1 Å². The lowest BCUT2D eigenvalue weighted by Crippen LogP contribution is -2.46. The maximum absolute atomic E-state index is 14.2. The predicted octanol–water partition coefficient (Wildman–Crippen LogP) is 6.82. The third-order valence-electron chi connectivity index (χ3n) is 8.12. The molecule has 2 aliphatic rings. The van der Waals surface area contributed by atoms with Crippen molar-refractivity contribution in [2.24, 2.45) is 5.92 Å². The highest BCUT2D eigenvalue weighted by atomic mass is 35.5. The topological polar surface area (TPSA) is 66.9 Å². The summed E-state index contributed by atoms with van der Waals surface area (Å²) in [4.78, 5) is 14.7. The van der Waals surface area contributed by atoms with E-state index >= 15 is 0 Å². The number of para-hydroxylation sites is 1. The molecule has 1 aliphatic heterocycles. The lowest BCUT2D eigenvalue weighted by atomic mass is 9.83. The Bertz CT molecular complexity index is 1450. The first kappa shape index (κ1) is 26.7. The lowest BCUT2D eigenvalue weighted by molar-refractivity contribution is 0.0600. The SMILES string of the molecule is COC(=O)c1cccc(-c2cc3c(cc2Cl)N(c2ccccc2)C[C@@H](C2CCCCC2)N(C)S3(=O)=O)c1C. The van der Waals surface area contributed by atoms with Crippen LogP contribution in [0.3, 0.4) is 0 Å². The van der Waals surface area contributed by atoms with Crippen LogP contribution in [0, 0.1) is 12.8 Å². The first-order chi connectivity index (χ1) is 18.2. The first-order valence-electron chi connectivity index (χ1n) is 13.1. The van der Waals surface area contributed by atoms with E-state index in [0.717, 1.165) is 31.4 Å². The van der Waals surface area contributed by atoms with E-state index < -0.39 is 16.0 Å². The number of benzene rings is 3. The normalized spacial score (nSPS) is 20.0. The molecule has 1 saturated carbocycles. The van der Waals surface area contributed by atoms with E-state index in [-0.39, 0.29) is 16.9 Å². The quantitative estimate of drug-likeness (QED) is 0.332. The van der Waals surface area contributed by atoms with E-state index in [9.17, 15) is 13.2 Å². The number of sulfonamides is 1. The van der Waals surface area contributed by atoms with E-state index in [0.29, 0.717) is 39.5 Å². The van der Waals surface area contributed by atoms with Crippen molar-refractivity contribution in [2.45, 2.75) is 50.0 Å². The number of esters is 1. The van der Waals surface area contributed by atoms with Gasteiger partial charge in [0.15, 0.2) is 0 Å². The standard InChI is InChI=1S/C30H33ClN2O4S/c1-20-23(15-10-16-24(20)30(34)37-3)25-17-29-27(18-26(25)31)33(22-13-8-5-9-14-22)19-28(32(2)38(29,35)36)21-11-6-4-7-12-21/h5,8-10,13-18,21,28H,4,6-7,11-12,19H2,1-3H3/t28-/m0/s1. The highest BCUT2D eigenvalue weighted by Gasteiger charge is 2.41. The minimum atomic E-state index is -3.85. The molecule has 1 atom stereocenters. The van der Waals surface area contributed by atoms with Crippen LogP contribution in [0.15, 0.2) is 65.6 Å². The van der Waals surface area contributed by atoms with Gasteiger partial charge in [0, 0.05) is 30.9 Å². The van der Waals surface area contributed by atoms with Gasteiger partial charge >= 0.3 is 5.97 Å². The molecule has 200 valence electrons. The predicted molar refractivity (Wildman–Crippen MR) is 152 cm³/mol. The molecule has 0 aromatic heterocycles. The summed E-state index contributed by atoms with van der Waals surface area (Å²) in [6.07, 6.45) is 5.49. The number of fused-ring (bicyclic) bond motifs is 1. The first-order valence-corrected chi connectivity index (χ1v) is 14.9. The molecule has 0 saturated heterocycles. The van der Waals surface area contributed by atoms with Crippen molar-refractivity contribution in [1.82, 2.24) is 4.31 Å². The monoisotopic (exact) mass is 552 g/mol. The van der Waals surface area contributed by atoms with E-state index in [1.165, 1.54) is 13.5 Å². The molecule has 1 heterocycles. The molecule has 0 bridgehead atoms. The molecule has 1 aliphatic carbocycles. The molecule has 5 rings (SSSR count). The number of rotatable bonds is 4. The van der Waals surface area contributed by atoms with Crippen LogP contribution in [0.4, 0.5) is 11.4 Å². The van der Waals surface area contributed by atoms with Gasteiger partial charge in [-0.15, -0.1) is 0 Å². The smallest absolute Gasteiger partial charge is 0.338 e. The van der Waals surface area contributed by atoms with Gasteiger partial charge in [0.05, 0.1) is 23.4 Å². The van der Waals surface area contributed by atoms with E-state index in [1.54, 1.807) is 35.6 Å². The molecule has 0 radical (unpaired) electrons. The fourth-order valence-corrected chi connectivity index (χ4v) is 7.84. The molecule has 0 N–H and O–H groups in total. The van der Waals surface area contributed by atoms with Gasteiger partial charge < -0.3 is 9.64 Å². The number of carbonyl (C=O) groups is 1. The molecule has 1 fully saturated rings. The van der Waals surface area contributed by atoms with Gasteiger partial charge in [-0.1, -0.05) is 61.2 Å². The average Bonchev–Trinajstić information content (AvgIpc) is 3.01. The summed E-state index contributed by atoms with van der Waals surface area (Å²) in [7, 11) is -0.793. The van der Waals surface area contributed by atoms with Crippen LogP contribution in [-0.2, 0) is 14.8 Å². The Kier molecular flexibility index (Phi) is 7.54. The van der Waals surface area contributed by atoms with Crippen LogP contribution >= 0.6 is 11.6 Å². The highest BCUT2D eigenvalue weighted by molar-refractivity contribution is 7.89. The number of methoxy groups -OCH3 is 1. The number of hydrogen-bond acceptors (Lipinski definition) is 5. The Morgan fingerprint density at radius 2 is 1.68 bits per heavy atom. The molecule has 0 amide bonds. The minimum Gasteiger partial charge on any atom is -0.465 e. The Labute approximate surface area is 230 Å². The largest absolute Gasteiger partial charge is 0.465 e. The fraction of sp³-hybridized carbons (Fsp3) is 0.367. The third-order valence-corrected chi connectivity index (χ3v) is 10.3. The van der Waals surface area contributed by atoms with Crippen molar-refractivity contribution >= 4 is 39.0 Å². The molecule has 3 aromatic carbocycles. The van der Waals surface area contributed by atoms with Gasteiger partial charge in [-0.3, -0.25) is 0 Å². The van der Waals surface area contributed by atoms with Crippen molar-refractivity contribution in [2.75, 3.05) is 25.6 Å². The zero-order valence-corrected chi connectivity index (χ0v) is 23.6. The van der Waals surface area contributed by atoms with Crippen LogP contribution < -0.4 is 4.90 Å². The Morgan fingerprint density at radius 3 is 2.37 bits per heavy atom. The molecule has 0 spiro atoms. The van der Waals surface area contributed by atoms with E-state index in [1.807, 2.05) is 43.3 Å². The van der Waals surface area contributed by atoms with Crippen molar-refractivity contribution < 1.29 is 17.9 Å². The molecule has 0 unspecified atom stereocenters. The van der Waals surface area contributed by atoms with Gasteiger partial charge in [0.1, 0.15) is 4.90 Å². The molecule has 8 heteroatoms. The van der Waals surface area contributed by atoms with Gasteiger partial charge in [-0.25, -0.2) is 13.2 Å². The van der Waals surface area contributed by atoms with Gasteiger partial charge in [-0.2, -0.15) is 4.31 Å². The molecule has 3 aromatic rings. The summed E-state index contributed by atoms with van der Waals surface area (Å²) >= 11 is 6.90. The van der Waals surface area contributed by atoms with Crippen molar-refractivity contribution in [3.05, 3.63) is 76.8 Å². The number of carbonyl (C=O) groups excluding carboxylic acids is 1. The van der Waals surface area contributed by atoms with Gasteiger partial charge in [0.2, 0.25) is 10.0 Å². The number of ether oxygens (including phenoxy) is 1. The summed E-state index contributed by atoms with van der Waals surface area (Å²) in [5, 5.41) is 0.420. The number of anilines is 2. The number of likely N-dealkylation sites (N-methyl/N-ethyl adjacent to an activating group) is 1. The summed E-state index contributed by atoms with van der Waals surface area (Å²) in [5.41, 5.74) is 3.84. The highest BCUT2D eigenvalue weighted by Crippen LogP contribution is 2.45. The summed E-state index contributed by atoms with van der Waals surface area (Å²) in [5.74, 6) is -0.161. The maximum atomic E-state index is 14.2. The van der Waals surface area contributed by atoms with E-state index in [4.69, 9.17) is 16.3 Å². The molecule has 6 nitrogen and oxygen atoms in total. The van der Waals surface area contributed by atoms with Gasteiger partial charge in [0.25, 0.3) is 0 Å². The Morgan fingerprint density at radius 1 is 0.974 bits per heavy atom. The second kappa shape index (κ2) is 10.7. The van der Waals surface area contributed by atoms with Crippen LogP contribution in [0.5, 0.6) is 0 Å². The second-order valence-corrected chi connectivity index (χ2v) is 12.6.